The molecular weight excluding hydrogens is 244 g/mol. The summed E-state index contributed by atoms with van der Waals surface area (Å²) in [6.45, 7) is 3.65. The third-order valence-corrected chi connectivity index (χ3v) is 2.58. The van der Waals surface area contributed by atoms with E-state index in [1.807, 2.05) is 30.3 Å². The van der Waals surface area contributed by atoms with Gasteiger partial charge >= 0.3 is 5.97 Å². The van der Waals surface area contributed by atoms with Crippen LogP contribution in [0.15, 0.2) is 41.2 Å². The minimum Gasteiger partial charge on any atom is -0.461 e. The summed E-state index contributed by atoms with van der Waals surface area (Å²) >= 11 is 0. The van der Waals surface area contributed by atoms with Crippen LogP contribution in [0.1, 0.15) is 23.1 Å². The molecule has 0 spiro atoms. The van der Waals surface area contributed by atoms with Crippen LogP contribution in [0.3, 0.4) is 0 Å². The summed E-state index contributed by atoms with van der Waals surface area (Å²) in [6, 6.07) is 10.7. The Morgan fingerprint density at radius 2 is 2.00 bits per heavy atom. The van der Waals surface area contributed by atoms with Crippen molar-refractivity contribution < 1.29 is 9.53 Å². The number of nitrogens with zero attached hydrogens (tertiary/aromatic N) is 2. The molecule has 0 saturated heterocycles. The van der Waals surface area contributed by atoms with Crippen molar-refractivity contribution in [3.05, 3.63) is 58.0 Å². The Morgan fingerprint density at radius 3 is 2.63 bits per heavy atom. The number of rotatable bonds is 3. The minimum absolute atomic E-state index is 0.198. The number of carbonyl (C=O) groups excluding carboxylic acids is 1. The van der Waals surface area contributed by atoms with E-state index in [4.69, 9.17) is 4.74 Å². The fourth-order valence-corrected chi connectivity index (χ4v) is 1.72. The van der Waals surface area contributed by atoms with Crippen LogP contribution in [0.5, 0.6) is 0 Å². The van der Waals surface area contributed by atoms with Gasteiger partial charge < -0.3 is 4.74 Å². The molecule has 0 bridgehead atoms. The first-order valence-corrected chi connectivity index (χ1v) is 5.97. The van der Waals surface area contributed by atoms with Crippen molar-refractivity contribution in [2.45, 2.75) is 13.8 Å². The van der Waals surface area contributed by atoms with Crippen LogP contribution < -0.4 is 5.43 Å². The summed E-state index contributed by atoms with van der Waals surface area (Å²) in [6.07, 6.45) is 0. The third-order valence-electron chi connectivity index (χ3n) is 2.58. The number of benzene rings is 1. The number of hydrogen-bond donors (Lipinski definition) is 0. The van der Waals surface area contributed by atoms with Crippen LogP contribution in [0.4, 0.5) is 0 Å². The molecule has 0 unspecified atom stereocenters. The second-order valence-electron chi connectivity index (χ2n) is 3.97. The first-order valence-electron chi connectivity index (χ1n) is 5.97. The van der Waals surface area contributed by atoms with Gasteiger partial charge in [-0.05, 0) is 26.0 Å². The standard InChI is InChI=1S/C14H14N2O3/c1-3-19-14(18)13-12(17)9-10(2)16(15-13)11-7-5-4-6-8-11/h4-9H,3H2,1-2H3. The molecule has 2 rings (SSSR count). The van der Waals surface area contributed by atoms with Gasteiger partial charge in [0.25, 0.3) is 0 Å². The maximum Gasteiger partial charge on any atom is 0.362 e. The highest BCUT2D eigenvalue weighted by molar-refractivity contribution is 5.86. The summed E-state index contributed by atoms with van der Waals surface area (Å²) in [5, 5.41) is 4.09. The maximum absolute atomic E-state index is 11.8. The van der Waals surface area contributed by atoms with E-state index in [2.05, 4.69) is 5.10 Å². The van der Waals surface area contributed by atoms with Gasteiger partial charge in [0, 0.05) is 11.8 Å². The number of aryl methyl sites for hydroxylation is 1. The van der Waals surface area contributed by atoms with Gasteiger partial charge in [-0.15, -0.1) is 0 Å². The molecule has 0 fully saturated rings. The summed E-state index contributed by atoms with van der Waals surface area (Å²) in [4.78, 5) is 23.4. The van der Waals surface area contributed by atoms with Crippen LogP contribution in [-0.4, -0.2) is 22.4 Å². The van der Waals surface area contributed by atoms with Gasteiger partial charge in [0.1, 0.15) is 0 Å². The molecule has 5 nitrogen and oxygen atoms in total. The summed E-state index contributed by atoms with van der Waals surface area (Å²) in [5.41, 5.74) is 0.814. The van der Waals surface area contributed by atoms with E-state index in [1.54, 1.807) is 18.5 Å². The normalized spacial score (nSPS) is 10.2. The molecule has 1 aromatic heterocycles. The topological polar surface area (TPSA) is 61.2 Å². The van der Waals surface area contributed by atoms with E-state index in [-0.39, 0.29) is 12.3 Å². The Kier molecular flexibility index (Phi) is 3.75. The first-order chi connectivity index (χ1) is 9.13. The Hall–Kier alpha value is -2.43. The molecular formula is C14H14N2O3. The molecule has 1 aromatic carbocycles. The molecule has 0 aliphatic carbocycles. The number of aromatic nitrogens is 2. The van der Waals surface area contributed by atoms with Crippen molar-refractivity contribution >= 4 is 5.97 Å². The second-order valence-corrected chi connectivity index (χ2v) is 3.97. The van der Waals surface area contributed by atoms with Gasteiger partial charge in [-0.25, -0.2) is 9.48 Å². The van der Waals surface area contributed by atoms with Gasteiger partial charge in [-0.3, -0.25) is 4.79 Å². The summed E-state index contributed by atoms with van der Waals surface area (Å²) < 4.78 is 6.37. The summed E-state index contributed by atoms with van der Waals surface area (Å²) in [5.74, 6) is -0.697. The lowest BCUT2D eigenvalue weighted by molar-refractivity contribution is 0.0515. The summed E-state index contributed by atoms with van der Waals surface area (Å²) in [7, 11) is 0. The number of hydrogen-bond acceptors (Lipinski definition) is 4. The quantitative estimate of drug-likeness (QED) is 0.786. The number of ether oxygens (including phenoxy) is 1. The van der Waals surface area contributed by atoms with E-state index >= 15 is 0 Å². The third kappa shape index (κ3) is 2.70. The fourth-order valence-electron chi connectivity index (χ4n) is 1.72. The van der Waals surface area contributed by atoms with Crippen molar-refractivity contribution in [2.75, 3.05) is 6.61 Å². The molecule has 0 amide bonds. The molecule has 19 heavy (non-hydrogen) atoms. The van der Waals surface area contributed by atoms with E-state index in [0.29, 0.717) is 5.69 Å². The van der Waals surface area contributed by atoms with Crippen LogP contribution in [0.2, 0.25) is 0 Å². The predicted molar refractivity (Wildman–Crippen MR) is 70.5 cm³/mol. The van der Waals surface area contributed by atoms with Crippen molar-refractivity contribution in [3.63, 3.8) is 0 Å². The zero-order chi connectivity index (χ0) is 13.8. The average molecular weight is 258 g/mol. The van der Waals surface area contributed by atoms with E-state index in [9.17, 15) is 9.59 Å². The predicted octanol–water partition coefficient (Wildman–Crippen LogP) is 1.72. The highest BCUT2D eigenvalue weighted by Gasteiger charge is 2.15. The Labute approximate surface area is 110 Å². The Balaban J connectivity index is 2.55. The zero-order valence-electron chi connectivity index (χ0n) is 10.8. The number of esters is 1. The van der Waals surface area contributed by atoms with Crippen molar-refractivity contribution in [2.24, 2.45) is 0 Å². The molecule has 0 aliphatic rings. The molecule has 0 aliphatic heterocycles. The molecule has 1 heterocycles. The van der Waals surface area contributed by atoms with Crippen LogP contribution in [0.25, 0.3) is 5.69 Å². The van der Waals surface area contributed by atoms with Gasteiger partial charge in [0.05, 0.1) is 12.3 Å². The molecule has 2 aromatic rings. The molecule has 5 heteroatoms. The van der Waals surface area contributed by atoms with Crippen LogP contribution >= 0.6 is 0 Å². The van der Waals surface area contributed by atoms with Gasteiger partial charge in [-0.2, -0.15) is 5.10 Å². The van der Waals surface area contributed by atoms with E-state index < -0.39 is 11.4 Å². The number of carbonyl (C=O) groups is 1. The number of para-hydroxylation sites is 1. The largest absolute Gasteiger partial charge is 0.461 e. The monoisotopic (exact) mass is 258 g/mol. The van der Waals surface area contributed by atoms with E-state index in [0.717, 1.165) is 5.69 Å². The molecule has 0 N–H and O–H groups in total. The van der Waals surface area contributed by atoms with E-state index in [1.165, 1.54) is 6.07 Å². The van der Waals surface area contributed by atoms with Gasteiger partial charge in [-0.1, -0.05) is 18.2 Å². The highest BCUT2D eigenvalue weighted by atomic mass is 16.5. The highest BCUT2D eigenvalue weighted by Crippen LogP contribution is 2.08. The Morgan fingerprint density at radius 1 is 1.32 bits per heavy atom. The smallest absolute Gasteiger partial charge is 0.362 e. The lowest BCUT2D eigenvalue weighted by Crippen LogP contribution is -2.24. The SMILES string of the molecule is CCOC(=O)c1nn(-c2ccccc2)c(C)cc1=O. The van der Waals surface area contributed by atoms with Crippen LogP contribution in [0, 0.1) is 6.92 Å². The van der Waals surface area contributed by atoms with Gasteiger partial charge in [0.15, 0.2) is 0 Å². The Bertz CT molecular complexity index is 647. The van der Waals surface area contributed by atoms with Crippen molar-refractivity contribution in [3.8, 4) is 5.69 Å². The fraction of sp³-hybridized carbons (Fsp3) is 0.214. The molecule has 0 saturated carbocycles. The second kappa shape index (κ2) is 5.48. The zero-order valence-corrected chi connectivity index (χ0v) is 10.8. The van der Waals surface area contributed by atoms with Gasteiger partial charge in [0.2, 0.25) is 11.1 Å². The van der Waals surface area contributed by atoms with Crippen molar-refractivity contribution in [1.29, 1.82) is 0 Å². The maximum atomic E-state index is 11.8. The minimum atomic E-state index is -0.697. The lowest BCUT2D eigenvalue weighted by atomic mass is 10.3. The van der Waals surface area contributed by atoms with Crippen LogP contribution in [-0.2, 0) is 4.74 Å². The average Bonchev–Trinajstić information content (AvgIpc) is 2.40. The lowest BCUT2D eigenvalue weighted by Gasteiger charge is -2.10. The molecule has 0 radical (unpaired) electrons. The molecule has 98 valence electrons. The molecule has 0 atom stereocenters. The van der Waals surface area contributed by atoms with Crippen molar-refractivity contribution in [1.82, 2.24) is 9.78 Å². The first kappa shape index (κ1) is 13.0.